The predicted octanol–water partition coefficient (Wildman–Crippen LogP) is 2.96. The third kappa shape index (κ3) is 3.97. The van der Waals surface area contributed by atoms with Crippen molar-refractivity contribution in [3.63, 3.8) is 0 Å². The standard InChI is InChI=1S/C18H23N3O4/c1-12-2-6-15(7-3-12)20-11-13(10-17(20)22)18(23)19-14-4-8-16(9-5-14)21(24)25/h4-5,8-9,12-13,15H,2-3,6-7,10-11H2,1H3,(H,19,23)/t12?,13-,15?/m0/s1. The maximum atomic E-state index is 12.4. The van der Waals surface area contributed by atoms with E-state index in [2.05, 4.69) is 12.2 Å². The molecule has 0 unspecified atom stereocenters. The number of nitro benzene ring substituents is 1. The van der Waals surface area contributed by atoms with Gasteiger partial charge in [-0.2, -0.15) is 0 Å². The zero-order valence-corrected chi connectivity index (χ0v) is 14.3. The molecule has 0 bridgehead atoms. The van der Waals surface area contributed by atoms with E-state index in [1.807, 2.05) is 4.90 Å². The molecule has 2 fully saturated rings. The van der Waals surface area contributed by atoms with E-state index in [1.165, 1.54) is 24.3 Å². The van der Waals surface area contributed by atoms with Gasteiger partial charge in [-0.15, -0.1) is 0 Å². The van der Waals surface area contributed by atoms with Crippen LogP contribution in [0.3, 0.4) is 0 Å². The van der Waals surface area contributed by atoms with Crippen molar-refractivity contribution >= 4 is 23.2 Å². The summed E-state index contributed by atoms with van der Waals surface area (Å²) in [6.45, 7) is 2.71. The highest BCUT2D eigenvalue weighted by molar-refractivity contribution is 5.97. The molecule has 3 rings (SSSR count). The summed E-state index contributed by atoms with van der Waals surface area (Å²) < 4.78 is 0. The second-order valence-corrected chi connectivity index (χ2v) is 7.15. The second kappa shape index (κ2) is 7.21. The molecule has 134 valence electrons. The van der Waals surface area contributed by atoms with E-state index in [1.54, 1.807) is 0 Å². The molecule has 1 N–H and O–H groups in total. The molecule has 0 aromatic heterocycles. The molecule has 2 amide bonds. The van der Waals surface area contributed by atoms with Crippen molar-refractivity contribution in [1.29, 1.82) is 0 Å². The third-order valence-corrected chi connectivity index (χ3v) is 5.30. The van der Waals surface area contributed by atoms with Crippen LogP contribution in [0.1, 0.15) is 39.0 Å². The van der Waals surface area contributed by atoms with Crippen molar-refractivity contribution in [2.45, 2.75) is 45.1 Å². The topological polar surface area (TPSA) is 92.6 Å². The summed E-state index contributed by atoms with van der Waals surface area (Å²) in [5, 5.41) is 13.4. The molecule has 1 atom stereocenters. The molecule has 7 heteroatoms. The number of nitro groups is 1. The number of hydrogen-bond acceptors (Lipinski definition) is 4. The van der Waals surface area contributed by atoms with E-state index < -0.39 is 4.92 Å². The van der Waals surface area contributed by atoms with E-state index >= 15 is 0 Å². The van der Waals surface area contributed by atoms with Gasteiger partial charge < -0.3 is 10.2 Å². The number of anilines is 1. The van der Waals surface area contributed by atoms with Gasteiger partial charge in [0.25, 0.3) is 5.69 Å². The molecule has 0 spiro atoms. The molecular formula is C18H23N3O4. The van der Waals surface area contributed by atoms with Crippen LogP contribution in [-0.4, -0.2) is 34.2 Å². The lowest BCUT2D eigenvalue weighted by Crippen LogP contribution is -2.39. The van der Waals surface area contributed by atoms with Crippen LogP contribution in [0, 0.1) is 22.0 Å². The van der Waals surface area contributed by atoms with Gasteiger partial charge in [0.05, 0.1) is 10.8 Å². The summed E-state index contributed by atoms with van der Waals surface area (Å²) >= 11 is 0. The van der Waals surface area contributed by atoms with Crippen LogP contribution in [0.5, 0.6) is 0 Å². The average Bonchev–Trinajstić information content (AvgIpc) is 2.98. The Balaban J connectivity index is 1.58. The second-order valence-electron chi connectivity index (χ2n) is 7.15. The number of non-ortho nitro benzene ring substituents is 1. The first-order valence-electron chi connectivity index (χ1n) is 8.79. The number of amides is 2. The summed E-state index contributed by atoms with van der Waals surface area (Å²) in [5.41, 5.74) is 0.486. The van der Waals surface area contributed by atoms with Crippen LogP contribution in [0.15, 0.2) is 24.3 Å². The van der Waals surface area contributed by atoms with Crippen molar-refractivity contribution < 1.29 is 14.5 Å². The van der Waals surface area contributed by atoms with Gasteiger partial charge in [0.15, 0.2) is 0 Å². The minimum Gasteiger partial charge on any atom is -0.339 e. The van der Waals surface area contributed by atoms with Crippen LogP contribution in [0.25, 0.3) is 0 Å². The summed E-state index contributed by atoms with van der Waals surface area (Å²) in [6, 6.07) is 5.98. The maximum Gasteiger partial charge on any atom is 0.269 e. The smallest absolute Gasteiger partial charge is 0.269 e. The average molecular weight is 345 g/mol. The Bertz CT molecular complexity index is 665. The number of hydrogen-bond donors (Lipinski definition) is 1. The van der Waals surface area contributed by atoms with Crippen molar-refractivity contribution in [3.8, 4) is 0 Å². The number of likely N-dealkylation sites (tertiary alicyclic amines) is 1. The fourth-order valence-corrected chi connectivity index (χ4v) is 3.73. The molecule has 1 saturated carbocycles. The molecule has 1 aliphatic carbocycles. The van der Waals surface area contributed by atoms with Crippen LogP contribution in [0.4, 0.5) is 11.4 Å². The Kier molecular flexibility index (Phi) is 5.01. The number of nitrogens with one attached hydrogen (secondary N) is 1. The van der Waals surface area contributed by atoms with Crippen LogP contribution >= 0.6 is 0 Å². The lowest BCUT2D eigenvalue weighted by atomic mass is 9.87. The Morgan fingerprint density at radius 3 is 2.44 bits per heavy atom. The molecule has 2 aliphatic rings. The Labute approximate surface area is 146 Å². The van der Waals surface area contributed by atoms with Gasteiger partial charge in [-0.1, -0.05) is 6.92 Å². The Morgan fingerprint density at radius 1 is 1.20 bits per heavy atom. The monoisotopic (exact) mass is 345 g/mol. The summed E-state index contributed by atoms with van der Waals surface area (Å²) in [4.78, 5) is 36.8. The van der Waals surface area contributed by atoms with Gasteiger partial charge in [-0.3, -0.25) is 19.7 Å². The summed E-state index contributed by atoms with van der Waals surface area (Å²) in [6.07, 6.45) is 4.54. The lowest BCUT2D eigenvalue weighted by molar-refractivity contribution is -0.384. The molecule has 1 aromatic carbocycles. The van der Waals surface area contributed by atoms with Crippen molar-refractivity contribution in [3.05, 3.63) is 34.4 Å². The van der Waals surface area contributed by atoms with Crippen molar-refractivity contribution in [1.82, 2.24) is 4.90 Å². The van der Waals surface area contributed by atoms with Crippen molar-refractivity contribution in [2.24, 2.45) is 11.8 Å². The number of rotatable bonds is 4. The lowest BCUT2D eigenvalue weighted by Gasteiger charge is -2.33. The third-order valence-electron chi connectivity index (χ3n) is 5.30. The summed E-state index contributed by atoms with van der Waals surface area (Å²) in [7, 11) is 0. The quantitative estimate of drug-likeness (QED) is 0.671. The largest absolute Gasteiger partial charge is 0.339 e. The number of carbonyl (C=O) groups excluding carboxylic acids is 2. The van der Waals surface area contributed by atoms with Crippen molar-refractivity contribution in [2.75, 3.05) is 11.9 Å². The highest BCUT2D eigenvalue weighted by Gasteiger charge is 2.38. The molecular weight excluding hydrogens is 322 g/mol. The molecule has 25 heavy (non-hydrogen) atoms. The minimum absolute atomic E-state index is 0.0215. The van der Waals surface area contributed by atoms with E-state index in [4.69, 9.17) is 0 Å². The van der Waals surface area contributed by atoms with E-state index in [0.29, 0.717) is 12.2 Å². The fraction of sp³-hybridized carbons (Fsp3) is 0.556. The SMILES string of the molecule is CC1CCC(N2C[C@@H](C(=O)Nc3ccc([N+](=O)[O-])cc3)CC2=O)CC1. The highest BCUT2D eigenvalue weighted by atomic mass is 16.6. The van der Waals surface area contributed by atoms with Gasteiger partial charge in [0.2, 0.25) is 11.8 Å². The van der Waals surface area contributed by atoms with E-state index in [0.717, 1.165) is 31.6 Å². The molecule has 1 saturated heterocycles. The number of nitrogens with zero attached hydrogens (tertiary/aromatic N) is 2. The minimum atomic E-state index is -0.482. The first-order chi connectivity index (χ1) is 11.9. The normalized spacial score (nSPS) is 26.5. The summed E-state index contributed by atoms with van der Waals surface area (Å²) in [5.74, 6) is 0.217. The number of carbonyl (C=O) groups is 2. The van der Waals surface area contributed by atoms with Gasteiger partial charge in [-0.25, -0.2) is 0 Å². The predicted molar refractivity (Wildman–Crippen MR) is 93.0 cm³/mol. The van der Waals surface area contributed by atoms with E-state index in [-0.39, 0.29) is 35.9 Å². The van der Waals surface area contributed by atoms with Gasteiger partial charge in [-0.05, 0) is 43.7 Å². The number of benzene rings is 1. The maximum absolute atomic E-state index is 12.4. The molecule has 1 aliphatic heterocycles. The van der Waals surface area contributed by atoms with Crippen LogP contribution in [0.2, 0.25) is 0 Å². The Hall–Kier alpha value is -2.44. The van der Waals surface area contributed by atoms with Gasteiger partial charge >= 0.3 is 0 Å². The molecule has 0 radical (unpaired) electrons. The zero-order valence-electron chi connectivity index (χ0n) is 14.3. The first kappa shape index (κ1) is 17.4. The highest BCUT2D eigenvalue weighted by Crippen LogP contribution is 2.31. The first-order valence-corrected chi connectivity index (χ1v) is 8.79. The molecule has 7 nitrogen and oxygen atoms in total. The molecule has 1 heterocycles. The fourth-order valence-electron chi connectivity index (χ4n) is 3.73. The van der Waals surface area contributed by atoms with Crippen LogP contribution < -0.4 is 5.32 Å². The Morgan fingerprint density at radius 2 is 1.84 bits per heavy atom. The van der Waals surface area contributed by atoms with Gasteiger partial charge in [0.1, 0.15) is 0 Å². The zero-order chi connectivity index (χ0) is 18.0. The van der Waals surface area contributed by atoms with Crippen LogP contribution in [-0.2, 0) is 9.59 Å². The van der Waals surface area contributed by atoms with E-state index in [9.17, 15) is 19.7 Å². The van der Waals surface area contributed by atoms with Gasteiger partial charge in [0, 0.05) is 36.8 Å². The molecule has 1 aromatic rings.